The number of nitrogens with zero attached hydrogens (tertiary/aromatic N) is 1. The smallest absolute Gasteiger partial charge is 0.222 e. The van der Waals surface area contributed by atoms with E-state index in [2.05, 4.69) is 0 Å². The van der Waals surface area contributed by atoms with Crippen LogP contribution in [0.15, 0.2) is 58.6 Å². The molecule has 5 nitrogen and oxygen atoms in total. The lowest BCUT2D eigenvalue weighted by atomic mass is 10.3. The van der Waals surface area contributed by atoms with Crippen molar-refractivity contribution < 1.29 is 13.2 Å². The molecule has 0 bridgehead atoms. The first-order valence-electron chi connectivity index (χ1n) is 6.71. The van der Waals surface area contributed by atoms with Gasteiger partial charge in [0.05, 0.1) is 17.5 Å². The molecule has 1 aromatic carbocycles. The molecule has 0 saturated heterocycles. The number of benzene rings is 1. The number of aromatic nitrogens is 1. The molecule has 114 valence electrons. The minimum absolute atomic E-state index is 0.168. The van der Waals surface area contributed by atoms with Crippen LogP contribution >= 0.6 is 0 Å². The van der Waals surface area contributed by atoms with Crippen LogP contribution in [0.4, 0.5) is 5.69 Å². The number of rotatable bonds is 3. The molecule has 0 aliphatic carbocycles. The Morgan fingerprint density at radius 2 is 1.91 bits per heavy atom. The lowest BCUT2D eigenvalue weighted by Gasteiger charge is -2.07. The first-order valence-corrected chi connectivity index (χ1v) is 8.19. The number of hydrogen-bond acceptors (Lipinski definition) is 4. The molecule has 0 radical (unpaired) electrons. The van der Waals surface area contributed by atoms with Gasteiger partial charge in [0, 0.05) is 17.4 Å². The summed E-state index contributed by atoms with van der Waals surface area (Å²) in [6.45, 7) is 1.74. The fraction of sp³-hybridized carbons (Fsp3) is 0.125. The minimum Gasteiger partial charge on any atom is -0.494 e. The van der Waals surface area contributed by atoms with E-state index in [4.69, 9.17) is 10.5 Å². The Kier molecular flexibility index (Phi) is 3.33. The van der Waals surface area contributed by atoms with Gasteiger partial charge in [-0.3, -0.25) is 0 Å². The van der Waals surface area contributed by atoms with Crippen LogP contribution in [0.1, 0.15) is 5.56 Å². The molecule has 0 fully saturated rings. The van der Waals surface area contributed by atoms with Crippen LogP contribution in [0.25, 0.3) is 5.52 Å². The summed E-state index contributed by atoms with van der Waals surface area (Å²) in [7, 11) is -2.17. The second kappa shape index (κ2) is 5.06. The molecule has 3 aromatic rings. The molecule has 2 aromatic heterocycles. The van der Waals surface area contributed by atoms with E-state index < -0.39 is 9.84 Å². The van der Waals surface area contributed by atoms with Crippen LogP contribution in [0, 0.1) is 6.92 Å². The number of fused-ring (bicyclic) bond motifs is 1. The number of anilines is 1. The molecular weight excluding hydrogens is 300 g/mol. The second-order valence-electron chi connectivity index (χ2n) is 5.00. The van der Waals surface area contributed by atoms with Crippen molar-refractivity contribution in [1.29, 1.82) is 0 Å². The third-order valence-corrected chi connectivity index (χ3v) is 5.49. The van der Waals surface area contributed by atoms with E-state index in [-0.39, 0.29) is 9.92 Å². The number of pyridine rings is 1. The van der Waals surface area contributed by atoms with E-state index in [1.54, 1.807) is 41.8 Å². The standard InChI is InChI=1S/C16H16N2O3S/c1-11-15(21-2)14-8-3-4-9-18(14)16(11)22(19,20)13-7-5-6-12(17)10-13/h3-10H,17H2,1-2H3. The van der Waals surface area contributed by atoms with Gasteiger partial charge in [-0.05, 0) is 37.3 Å². The van der Waals surface area contributed by atoms with Gasteiger partial charge in [-0.2, -0.15) is 0 Å². The molecule has 2 N–H and O–H groups in total. The average Bonchev–Trinajstić information content (AvgIpc) is 2.79. The zero-order valence-corrected chi connectivity index (χ0v) is 13.1. The van der Waals surface area contributed by atoms with E-state index in [0.29, 0.717) is 22.5 Å². The Labute approximate surface area is 128 Å². The van der Waals surface area contributed by atoms with Gasteiger partial charge in [0.25, 0.3) is 0 Å². The summed E-state index contributed by atoms with van der Waals surface area (Å²) in [6.07, 6.45) is 1.71. The van der Waals surface area contributed by atoms with Crippen molar-refractivity contribution in [3.05, 3.63) is 54.2 Å². The van der Waals surface area contributed by atoms with Crippen molar-refractivity contribution in [2.24, 2.45) is 0 Å². The van der Waals surface area contributed by atoms with E-state index >= 15 is 0 Å². The van der Waals surface area contributed by atoms with Crippen LogP contribution in [-0.2, 0) is 9.84 Å². The Morgan fingerprint density at radius 1 is 1.14 bits per heavy atom. The highest BCUT2D eigenvalue weighted by Crippen LogP contribution is 2.35. The van der Waals surface area contributed by atoms with Gasteiger partial charge in [-0.15, -0.1) is 0 Å². The molecule has 6 heteroatoms. The molecule has 0 aliphatic heterocycles. The van der Waals surface area contributed by atoms with Gasteiger partial charge >= 0.3 is 0 Å². The number of nitrogens with two attached hydrogens (primary N) is 1. The Morgan fingerprint density at radius 3 is 2.59 bits per heavy atom. The monoisotopic (exact) mass is 316 g/mol. The predicted octanol–water partition coefficient (Wildman–Crippen LogP) is 2.67. The lowest BCUT2D eigenvalue weighted by Crippen LogP contribution is -2.07. The fourth-order valence-electron chi connectivity index (χ4n) is 2.66. The van der Waals surface area contributed by atoms with E-state index in [0.717, 1.165) is 0 Å². The number of ether oxygens (including phenoxy) is 1. The van der Waals surface area contributed by atoms with Gasteiger partial charge in [0.15, 0.2) is 5.03 Å². The number of nitrogen functional groups attached to an aromatic ring is 1. The van der Waals surface area contributed by atoms with E-state index in [1.165, 1.54) is 13.2 Å². The summed E-state index contributed by atoms with van der Waals surface area (Å²) >= 11 is 0. The first kappa shape index (κ1) is 14.5. The molecule has 3 rings (SSSR count). The molecule has 22 heavy (non-hydrogen) atoms. The zero-order valence-electron chi connectivity index (χ0n) is 12.3. The van der Waals surface area contributed by atoms with Crippen LogP contribution in [0.5, 0.6) is 5.75 Å². The normalized spacial score (nSPS) is 11.7. The minimum atomic E-state index is -3.71. The summed E-state index contributed by atoms with van der Waals surface area (Å²) < 4.78 is 33.1. The molecule has 0 saturated carbocycles. The summed E-state index contributed by atoms with van der Waals surface area (Å²) in [5, 5.41) is 0.200. The number of methoxy groups -OCH3 is 1. The third kappa shape index (κ3) is 2.03. The van der Waals surface area contributed by atoms with E-state index in [9.17, 15) is 8.42 Å². The predicted molar refractivity (Wildman–Crippen MR) is 85.0 cm³/mol. The SMILES string of the molecule is COc1c(C)c(S(=O)(=O)c2cccc(N)c2)n2ccccc12. The number of hydrogen-bond donors (Lipinski definition) is 1. The Hall–Kier alpha value is -2.47. The van der Waals surface area contributed by atoms with Crippen molar-refractivity contribution in [3.63, 3.8) is 0 Å². The van der Waals surface area contributed by atoms with Crippen LogP contribution in [-0.4, -0.2) is 19.9 Å². The summed E-state index contributed by atoms with van der Waals surface area (Å²) in [5.41, 5.74) is 7.42. The quantitative estimate of drug-likeness (QED) is 0.754. The molecular formula is C16H16N2O3S. The summed E-state index contributed by atoms with van der Waals surface area (Å²) in [4.78, 5) is 0.168. The maximum atomic E-state index is 13.0. The maximum Gasteiger partial charge on any atom is 0.222 e. The molecule has 0 atom stereocenters. The van der Waals surface area contributed by atoms with Gasteiger partial charge in [-0.1, -0.05) is 12.1 Å². The fourth-order valence-corrected chi connectivity index (χ4v) is 4.34. The highest BCUT2D eigenvalue weighted by atomic mass is 32.2. The first-order chi connectivity index (χ1) is 10.5. The molecule has 2 heterocycles. The topological polar surface area (TPSA) is 73.8 Å². The van der Waals surface area contributed by atoms with Crippen LogP contribution in [0.3, 0.4) is 0 Å². The summed E-state index contributed by atoms with van der Waals surface area (Å²) in [6, 6.07) is 11.7. The van der Waals surface area contributed by atoms with Gasteiger partial charge < -0.3 is 14.9 Å². The van der Waals surface area contributed by atoms with Crippen LogP contribution < -0.4 is 10.5 Å². The lowest BCUT2D eigenvalue weighted by molar-refractivity contribution is 0.416. The largest absolute Gasteiger partial charge is 0.494 e. The molecule has 0 spiro atoms. The number of sulfone groups is 1. The van der Waals surface area contributed by atoms with E-state index in [1.807, 2.05) is 12.1 Å². The second-order valence-corrected chi connectivity index (χ2v) is 6.86. The summed E-state index contributed by atoms with van der Waals surface area (Å²) in [5.74, 6) is 0.558. The molecule has 0 unspecified atom stereocenters. The highest BCUT2D eigenvalue weighted by Gasteiger charge is 2.27. The van der Waals surface area contributed by atoms with Crippen molar-refractivity contribution in [2.45, 2.75) is 16.8 Å². The Bertz CT molecular complexity index is 959. The third-order valence-electron chi connectivity index (χ3n) is 3.60. The molecule has 0 aliphatic rings. The van der Waals surface area contributed by atoms with Crippen molar-refractivity contribution in [1.82, 2.24) is 4.40 Å². The highest BCUT2D eigenvalue weighted by molar-refractivity contribution is 7.91. The molecule has 0 amide bonds. The van der Waals surface area contributed by atoms with Crippen molar-refractivity contribution >= 4 is 21.0 Å². The van der Waals surface area contributed by atoms with Crippen molar-refractivity contribution in [3.8, 4) is 5.75 Å². The van der Waals surface area contributed by atoms with Crippen LogP contribution in [0.2, 0.25) is 0 Å². The average molecular weight is 316 g/mol. The van der Waals surface area contributed by atoms with Gasteiger partial charge in [-0.25, -0.2) is 8.42 Å². The van der Waals surface area contributed by atoms with Gasteiger partial charge in [0.1, 0.15) is 5.75 Å². The van der Waals surface area contributed by atoms with Gasteiger partial charge in [0.2, 0.25) is 9.84 Å². The maximum absolute atomic E-state index is 13.0. The zero-order chi connectivity index (χ0) is 15.9. The Balaban J connectivity index is 2.37. The van der Waals surface area contributed by atoms with Crippen molar-refractivity contribution in [2.75, 3.05) is 12.8 Å².